The molecule has 106 valence electrons. The third-order valence-corrected chi connectivity index (χ3v) is 2.78. The van der Waals surface area contributed by atoms with E-state index in [1.807, 2.05) is 6.07 Å². The highest BCUT2D eigenvalue weighted by atomic mass is 16.6. The van der Waals surface area contributed by atoms with Gasteiger partial charge in [0.1, 0.15) is 0 Å². The maximum atomic E-state index is 12.0. The summed E-state index contributed by atoms with van der Waals surface area (Å²) < 4.78 is 0. The molecule has 6 heteroatoms. The molecule has 0 spiro atoms. The number of nitro groups is 1. The molecule has 0 saturated carbocycles. The van der Waals surface area contributed by atoms with E-state index in [2.05, 4.69) is 0 Å². The normalized spacial score (nSPS) is 10.7. The number of allylic oxidation sites excluding steroid dienone is 1. The molecule has 0 atom stereocenters. The molecular weight excluding hydrogens is 274 g/mol. The van der Waals surface area contributed by atoms with Crippen LogP contribution in [-0.4, -0.2) is 20.9 Å². The molecule has 0 unspecified atom stereocenters. The summed E-state index contributed by atoms with van der Waals surface area (Å²) in [4.78, 5) is 21.8. The third kappa shape index (κ3) is 3.24. The number of phenolic OH excluding ortho intramolecular Hbond substituents is 2. The van der Waals surface area contributed by atoms with Gasteiger partial charge in [-0.25, -0.2) is 0 Å². The molecule has 21 heavy (non-hydrogen) atoms. The standard InChI is InChI=1S/C15H11NO5/c17-13(7-6-10-4-2-1-3-5-10)11-8-12(16(20)21)15(19)14(18)9-11/h1-9,18-19H. The first-order chi connectivity index (χ1) is 9.99. The number of carbonyl (C=O) groups excluding carboxylic acids is 1. The van der Waals surface area contributed by atoms with Gasteiger partial charge in [0.05, 0.1) is 4.92 Å². The summed E-state index contributed by atoms with van der Waals surface area (Å²) in [5.41, 5.74) is -0.000933. The summed E-state index contributed by atoms with van der Waals surface area (Å²) in [5, 5.41) is 29.5. The Morgan fingerprint density at radius 3 is 2.43 bits per heavy atom. The number of rotatable bonds is 4. The van der Waals surface area contributed by atoms with Crippen molar-refractivity contribution in [3.05, 3.63) is 69.8 Å². The molecule has 6 nitrogen and oxygen atoms in total. The molecule has 0 radical (unpaired) electrons. The fourth-order valence-corrected chi connectivity index (χ4v) is 1.72. The Morgan fingerprint density at radius 2 is 1.81 bits per heavy atom. The highest BCUT2D eigenvalue weighted by Gasteiger charge is 2.20. The number of carbonyl (C=O) groups is 1. The van der Waals surface area contributed by atoms with E-state index >= 15 is 0 Å². The highest BCUT2D eigenvalue weighted by Crippen LogP contribution is 2.36. The summed E-state index contributed by atoms with van der Waals surface area (Å²) in [6.45, 7) is 0. The molecule has 2 aromatic carbocycles. The van der Waals surface area contributed by atoms with Gasteiger partial charge in [-0.3, -0.25) is 14.9 Å². The van der Waals surface area contributed by atoms with Crippen molar-refractivity contribution in [1.82, 2.24) is 0 Å². The van der Waals surface area contributed by atoms with Crippen LogP contribution in [0.4, 0.5) is 5.69 Å². The smallest absolute Gasteiger partial charge is 0.315 e. The van der Waals surface area contributed by atoms with Gasteiger partial charge in [-0.15, -0.1) is 0 Å². The lowest BCUT2D eigenvalue weighted by Crippen LogP contribution is -1.97. The Hall–Kier alpha value is -3.15. The minimum Gasteiger partial charge on any atom is -0.504 e. The van der Waals surface area contributed by atoms with Gasteiger partial charge in [-0.1, -0.05) is 36.4 Å². The summed E-state index contributed by atoms with van der Waals surface area (Å²) >= 11 is 0. The van der Waals surface area contributed by atoms with Crippen molar-refractivity contribution >= 4 is 17.5 Å². The second kappa shape index (κ2) is 5.87. The van der Waals surface area contributed by atoms with E-state index in [1.165, 1.54) is 6.08 Å². The zero-order valence-corrected chi connectivity index (χ0v) is 10.8. The van der Waals surface area contributed by atoms with E-state index in [1.54, 1.807) is 30.3 Å². The predicted octanol–water partition coefficient (Wildman–Crippen LogP) is 2.90. The van der Waals surface area contributed by atoms with Crippen molar-refractivity contribution in [2.75, 3.05) is 0 Å². The summed E-state index contributed by atoms with van der Waals surface area (Å²) in [6, 6.07) is 10.9. The molecule has 0 heterocycles. The average Bonchev–Trinajstić information content (AvgIpc) is 2.48. The molecule has 0 aromatic heterocycles. The van der Waals surface area contributed by atoms with Gasteiger partial charge in [-0.05, 0) is 17.7 Å². The van der Waals surface area contributed by atoms with Crippen LogP contribution in [0.15, 0.2) is 48.5 Å². The van der Waals surface area contributed by atoms with Crippen LogP contribution in [0, 0.1) is 10.1 Å². The Balaban J connectivity index is 2.32. The Bertz CT molecular complexity index is 722. The summed E-state index contributed by atoms with van der Waals surface area (Å²) in [6.07, 6.45) is 2.79. The lowest BCUT2D eigenvalue weighted by Gasteiger charge is -2.02. The van der Waals surface area contributed by atoms with Crippen molar-refractivity contribution in [2.24, 2.45) is 0 Å². The molecule has 2 aromatic rings. The molecule has 0 bridgehead atoms. The number of benzene rings is 2. The van der Waals surface area contributed by atoms with Crippen molar-refractivity contribution in [1.29, 1.82) is 0 Å². The molecule has 0 fully saturated rings. The van der Waals surface area contributed by atoms with Crippen LogP contribution in [0.1, 0.15) is 15.9 Å². The largest absolute Gasteiger partial charge is 0.504 e. The highest BCUT2D eigenvalue weighted by molar-refractivity contribution is 6.07. The first kappa shape index (κ1) is 14.3. The van der Waals surface area contributed by atoms with E-state index in [4.69, 9.17) is 0 Å². The Kier molecular flexibility index (Phi) is 3.99. The van der Waals surface area contributed by atoms with Gasteiger partial charge in [0.25, 0.3) is 0 Å². The number of aromatic hydroxyl groups is 2. The molecule has 0 aliphatic carbocycles. The first-order valence-corrected chi connectivity index (χ1v) is 5.97. The van der Waals surface area contributed by atoms with E-state index in [-0.39, 0.29) is 5.56 Å². The van der Waals surface area contributed by atoms with Crippen LogP contribution in [0.3, 0.4) is 0 Å². The van der Waals surface area contributed by atoms with Gasteiger partial charge < -0.3 is 10.2 Å². The minimum atomic E-state index is -0.868. The van der Waals surface area contributed by atoms with Gasteiger partial charge in [0, 0.05) is 11.6 Å². The molecule has 2 N–H and O–H groups in total. The van der Waals surface area contributed by atoms with E-state index < -0.39 is 27.9 Å². The molecule has 2 rings (SSSR count). The van der Waals surface area contributed by atoms with E-state index in [9.17, 15) is 25.1 Å². The maximum absolute atomic E-state index is 12.0. The SMILES string of the molecule is O=C(C=Cc1ccccc1)c1cc(O)c(O)c([N+](=O)[O-])c1. The number of ketones is 1. The van der Waals surface area contributed by atoms with Crippen molar-refractivity contribution in [3.8, 4) is 11.5 Å². The van der Waals surface area contributed by atoms with Crippen LogP contribution in [0.5, 0.6) is 11.5 Å². The van der Waals surface area contributed by atoms with Crippen LogP contribution in [0.2, 0.25) is 0 Å². The monoisotopic (exact) mass is 285 g/mol. The molecule has 0 aliphatic heterocycles. The lowest BCUT2D eigenvalue weighted by atomic mass is 10.1. The van der Waals surface area contributed by atoms with E-state index in [0.29, 0.717) is 0 Å². The van der Waals surface area contributed by atoms with Crippen LogP contribution < -0.4 is 0 Å². The molecule has 0 saturated heterocycles. The Labute approximate surface area is 119 Å². The zero-order valence-electron chi connectivity index (χ0n) is 10.8. The molecule has 0 aliphatic rings. The average molecular weight is 285 g/mol. The third-order valence-electron chi connectivity index (χ3n) is 2.78. The minimum absolute atomic E-state index is 0.0795. The second-order valence-corrected chi connectivity index (χ2v) is 4.23. The number of phenols is 2. The quantitative estimate of drug-likeness (QED) is 0.296. The van der Waals surface area contributed by atoms with Gasteiger partial charge in [0.2, 0.25) is 5.75 Å². The fourth-order valence-electron chi connectivity index (χ4n) is 1.72. The fraction of sp³-hybridized carbons (Fsp3) is 0. The topological polar surface area (TPSA) is 101 Å². The number of nitro benzene ring substituents is 1. The zero-order chi connectivity index (χ0) is 15.4. The van der Waals surface area contributed by atoms with E-state index in [0.717, 1.165) is 17.7 Å². The maximum Gasteiger partial charge on any atom is 0.315 e. The lowest BCUT2D eigenvalue weighted by molar-refractivity contribution is -0.386. The second-order valence-electron chi connectivity index (χ2n) is 4.23. The molecular formula is C15H11NO5. The van der Waals surface area contributed by atoms with Gasteiger partial charge >= 0.3 is 5.69 Å². The Morgan fingerprint density at radius 1 is 1.14 bits per heavy atom. The van der Waals surface area contributed by atoms with Crippen LogP contribution >= 0.6 is 0 Å². The van der Waals surface area contributed by atoms with Crippen molar-refractivity contribution < 1.29 is 19.9 Å². The first-order valence-electron chi connectivity index (χ1n) is 5.97. The molecule has 0 amide bonds. The van der Waals surface area contributed by atoms with Crippen molar-refractivity contribution in [3.63, 3.8) is 0 Å². The van der Waals surface area contributed by atoms with Crippen LogP contribution in [0.25, 0.3) is 6.08 Å². The van der Waals surface area contributed by atoms with Crippen LogP contribution in [-0.2, 0) is 0 Å². The summed E-state index contributed by atoms with van der Waals surface area (Å²) in [5.74, 6) is -2.08. The number of hydrogen-bond donors (Lipinski definition) is 2. The van der Waals surface area contributed by atoms with Crippen molar-refractivity contribution in [2.45, 2.75) is 0 Å². The number of nitrogens with zero attached hydrogens (tertiary/aromatic N) is 1. The van der Waals surface area contributed by atoms with Gasteiger partial charge in [0.15, 0.2) is 11.5 Å². The van der Waals surface area contributed by atoms with Gasteiger partial charge in [-0.2, -0.15) is 0 Å². The summed E-state index contributed by atoms with van der Waals surface area (Å²) in [7, 11) is 0. The number of hydrogen-bond acceptors (Lipinski definition) is 5. The predicted molar refractivity (Wildman–Crippen MR) is 76.2 cm³/mol.